The predicted octanol–water partition coefficient (Wildman–Crippen LogP) is 2.84. The first kappa shape index (κ1) is 19.9. The highest BCUT2D eigenvalue weighted by atomic mass is 32.2. The Balaban J connectivity index is 2.26. The molecule has 0 aliphatic carbocycles. The summed E-state index contributed by atoms with van der Waals surface area (Å²) in [6, 6.07) is 9.89. The molecule has 0 heterocycles. The molecule has 0 aromatic heterocycles. The molecule has 0 amide bonds. The van der Waals surface area contributed by atoms with Gasteiger partial charge in [0.1, 0.15) is 0 Å². The number of aromatic carboxylic acids is 1. The number of carboxylic acids is 1. The van der Waals surface area contributed by atoms with E-state index in [0.717, 1.165) is 15.9 Å². The molecule has 8 nitrogen and oxygen atoms in total. The summed E-state index contributed by atoms with van der Waals surface area (Å²) in [5.74, 6) is -0.843. The number of hydrogen-bond acceptors (Lipinski definition) is 6. The normalized spacial score (nSPS) is 11.5. The van der Waals surface area contributed by atoms with Gasteiger partial charge in [-0.3, -0.25) is 10.1 Å². The summed E-state index contributed by atoms with van der Waals surface area (Å²) in [6.07, 6.45) is 0. The number of carboxylic acid groups (broad SMARTS) is 1. The largest absolute Gasteiger partial charge is 0.478 e. The van der Waals surface area contributed by atoms with Crippen molar-refractivity contribution in [3.05, 3.63) is 63.7 Å². The van der Waals surface area contributed by atoms with Gasteiger partial charge < -0.3 is 5.11 Å². The molecule has 0 fully saturated rings. The maximum atomic E-state index is 12.2. The average molecular weight is 396 g/mol. The van der Waals surface area contributed by atoms with E-state index in [1.807, 2.05) is 0 Å². The van der Waals surface area contributed by atoms with E-state index in [2.05, 4.69) is 0 Å². The highest BCUT2D eigenvalue weighted by Crippen LogP contribution is 2.29. The third-order valence-corrected chi connectivity index (χ3v) is 6.46. The Kier molecular flexibility index (Phi) is 6.01. The van der Waals surface area contributed by atoms with Gasteiger partial charge in [0.05, 0.1) is 15.4 Å². The van der Waals surface area contributed by atoms with Crippen LogP contribution in [0.5, 0.6) is 0 Å². The van der Waals surface area contributed by atoms with E-state index in [0.29, 0.717) is 10.6 Å². The van der Waals surface area contributed by atoms with Gasteiger partial charge in [0.2, 0.25) is 10.0 Å². The highest BCUT2D eigenvalue weighted by Gasteiger charge is 2.21. The number of rotatable bonds is 7. The molecule has 0 saturated carbocycles. The van der Waals surface area contributed by atoms with Crippen LogP contribution in [0.3, 0.4) is 0 Å². The predicted molar refractivity (Wildman–Crippen MR) is 96.9 cm³/mol. The fraction of sp³-hybridized carbons (Fsp3) is 0.188. The van der Waals surface area contributed by atoms with Crippen molar-refractivity contribution in [3.8, 4) is 0 Å². The lowest BCUT2D eigenvalue weighted by atomic mass is 10.2. The Bertz CT molecular complexity index is 940. The first-order valence-electron chi connectivity index (χ1n) is 7.29. The van der Waals surface area contributed by atoms with Gasteiger partial charge in [0.25, 0.3) is 5.69 Å². The molecule has 2 aromatic carbocycles. The molecule has 10 heteroatoms. The summed E-state index contributed by atoms with van der Waals surface area (Å²) in [5.41, 5.74) is 0.644. The van der Waals surface area contributed by atoms with E-state index in [-0.39, 0.29) is 16.1 Å². The summed E-state index contributed by atoms with van der Waals surface area (Å²) in [6.45, 7) is 0. The number of nitro groups is 1. The minimum atomic E-state index is -3.73. The number of benzene rings is 2. The maximum Gasteiger partial charge on any atom is 0.336 e. The molecule has 0 radical (unpaired) electrons. The van der Waals surface area contributed by atoms with E-state index in [4.69, 9.17) is 0 Å². The third-order valence-electron chi connectivity index (χ3n) is 3.50. The van der Waals surface area contributed by atoms with Crippen LogP contribution in [-0.2, 0) is 15.8 Å². The lowest BCUT2D eigenvalue weighted by Gasteiger charge is -2.13. The Morgan fingerprint density at radius 1 is 1.19 bits per heavy atom. The van der Waals surface area contributed by atoms with Crippen LogP contribution in [0.2, 0.25) is 0 Å². The van der Waals surface area contributed by atoms with Crippen LogP contribution in [-0.4, -0.2) is 42.8 Å². The number of non-ortho nitro benzene ring substituents is 1. The second-order valence-corrected chi connectivity index (χ2v) is 8.63. The van der Waals surface area contributed by atoms with Crippen LogP contribution in [0.25, 0.3) is 0 Å². The van der Waals surface area contributed by atoms with Crippen LogP contribution in [0.1, 0.15) is 15.9 Å². The average Bonchev–Trinajstić information content (AvgIpc) is 2.59. The number of nitro benzene ring substituents is 1. The summed E-state index contributed by atoms with van der Waals surface area (Å²) < 4.78 is 25.3. The molecule has 2 aromatic rings. The molecule has 0 aliphatic rings. The Morgan fingerprint density at radius 2 is 1.81 bits per heavy atom. The molecule has 0 aliphatic heterocycles. The van der Waals surface area contributed by atoms with Gasteiger partial charge in [0.15, 0.2) is 0 Å². The second-order valence-electron chi connectivity index (χ2n) is 5.46. The maximum absolute atomic E-state index is 12.2. The van der Waals surface area contributed by atoms with E-state index < -0.39 is 20.9 Å². The monoisotopic (exact) mass is 396 g/mol. The lowest BCUT2D eigenvalue weighted by Crippen LogP contribution is -2.22. The molecule has 26 heavy (non-hydrogen) atoms. The number of nitrogens with zero attached hydrogens (tertiary/aromatic N) is 2. The van der Waals surface area contributed by atoms with Crippen molar-refractivity contribution in [2.24, 2.45) is 0 Å². The molecule has 138 valence electrons. The molecule has 0 atom stereocenters. The van der Waals surface area contributed by atoms with Crippen LogP contribution in [0, 0.1) is 10.1 Å². The second kappa shape index (κ2) is 7.85. The van der Waals surface area contributed by atoms with Crippen molar-refractivity contribution in [2.45, 2.75) is 15.5 Å². The lowest BCUT2D eigenvalue weighted by molar-refractivity contribution is -0.384. The topological polar surface area (TPSA) is 118 Å². The molecule has 0 unspecified atom stereocenters. The summed E-state index contributed by atoms with van der Waals surface area (Å²) in [4.78, 5) is 22.0. The van der Waals surface area contributed by atoms with Crippen molar-refractivity contribution in [1.82, 2.24) is 4.31 Å². The van der Waals surface area contributed by atoms with E-state index in [1.165, 1.54) is 50.1 Å². The minimum absolute atomic E-state index is 0.0248. The molecule has 2 rings (SSSR count). The fourth-order valence-electron chi connectivity index (χ4n) is 2.05. The van der Waals surface area contributed by atoms with Crippen LogP contribution in [0.15, 0.2) is 52.3 Å². The summed E-state index contributed by atoms with van der Waals surface area (Å²) in [7, 11) is -0.997. The number of carbonyl (C=O) groups is 1. The van der Waals surface area contributed by atoms with Gasteiger partial charge in [0, 0.05) is 36.9 Å². The van der Waals surface area contributed by atoms with E-state index in [1.54, 1.807) is 12.1 Å². The summed E-state index contributed by atoms with van der Waals surface area (Å²) in [5, 5.41) is 20.0. The van der Waals surface area contributed by atoms with Gasteiger partial charge in [-0.25, -0.2) is 17.5 Å². The third kappa shape index (κ3) is 4.40. The van der Waals surface area contributed by atoms with Crippen LogP contribution < -0.4 is 0 Å². The van der Waals surface area contributed by atoms with Crippen LogP contribution >= 0.6 is 11.8 Å². The summed E-state index contributed by atoms with van der Waals surface area (Å²) >= 11 is 1.21. The van der Waals surface area contributed by atoms with Crippen molar-refractivity contribution in [2.75, 3.05) is 14.1 Å². The fourth-order valence-corrected chi connectivity index (χ4v) is 3.96. The molecule has 1 N–H and O–H groups in total. The van der Waals surface area contributed by atoms with Crippen molar-refractivity contribution in [1.29, 1.82) is 0 Å². The van der Waals surface area contributed by atoms with Gasteiger partial charge in [-0.05, 0) is 23.8 Å². The number of sulfonamides is 1. The Hall–Kier alpha value is -2.43. The zero-order chi connectivity index (χ0) is 19.5. The molecule has 0 saturated heterocycles. The first-order chi connectivity index (χ1) is 12.1. The number of hydrogen-bond donors (Lipinski definition) is 1. The molecule has 0 spiro atoms. The number of thioether (sulfide) groups is 1. The highest BCUT2D eigenvalue weighted by molar-refractivity contribution is 7.98. The standard InChI is InChI=1S/C16H16N2O6S2/c1-17(2)26(23,24)13-7-8-15(14(9-13)16(19)20)25-10-11-3-5-12(6-4-11)18(21)22/h3-9H,10H2,1-2H3,(H,19,20). The SMILES string of the molecule is CN(C)S(=O)(=O)c1ccc(SCc2ccc([N+](=O)[O-])cc2)c(C(=O)O)c1. The molecular weight excluding hydrogens is 380 g/mol. The first-order valence-corrected chi connectivity index (χ1v) is 9.71. The van der Waals surface area contributed by atoms with E-state index >= 15 is 0 Å². The van der Waals surface area contributed by atoms with Crippen molar-refractivity contribution >= 4 is 33.4 Å². The van der Waals surface area contributed by atoms with Crippen molar-refractivity contribution in [3.63, 3.8) is 0 Å². The zero-order valence-corrected chi connectivity index (χ0v) is 15.6. The molecular formula is C16H16N2O6S2. The Morgan fingerprint density at radius 3 is 2.31 bits per heavy atom. The zero-order valence-electron chi connectivity index (χ0n) is 13.9. The quantitative estimate of drug-likeness (QED) is 0.434. The van der Waals surface area contributed by atoms with Gasteiger partial charge in [-0.2, -0.15) is 0 Å². The van der Waals surface area contributed by atoms with Crippen molar-refractivity contribution < 1.29 is 23.2 Å². The molecule has 0 bridgehead atoms. The Labute approximate surface area is 154 Å². The van der Waals surface area contributed by atoms with Gasteiger partial charge in [-0.15, -0.1) is 11.8 Å². The van der Waals surface area contributed by atoms with Gasteiger partial charge in [-0.1, -0.05) is 12.1 Å². The van der Waals surface area contributed by atoms with E-state index in [9.17, 15) is 28.4 Å². The minimum Gasteiger partial charge on any atom is -0.478 e. The van der Waals surface area contributed by atoms with Crippen LogP contribution in [0.4, 0.5) is 5.69 Å². The van der Waals surface area contributed by atoms with Gasteiger partial charge >= 0.3 is 5.97 Å². The smallest absolute Gasteiger partial charge is 0.336 e.